The molecule has 0 saturated heterocycles. The van der Waals surface area contributed by atoms with E-state index in [0.717, 1.165) is 12.4 Å². The van der Waals surface area contributed by atoms with Crippen molar-refractivity contribution in [1.82, 2.24) is 9.97 Å². The van der Waals surface area contributed by atoms with Crippen LogP contribution < -0.4 is 4.72 Å². The number of nitrogens with zero attached hydrogens (tertiary/aromatic N) is 2. The maximum absolute atomic E-state index is 13.4. The predicted octanol–water partition coefficient (Wildman–Crippen LogP) is 2.35. The molecule has 0 unspecified atom stereocenters. The van der Waals surface area contributed by atoms with Gasteiger partial charge in [0, 0.05) is 12.1 Å². The molecule has 2 aromatic rings. The van der Waals surface area contributed by atoms with Gasteiger partial charge in [-0.15, -0.1) is 0 Å². The fourth-order valence-electron chi connectivity index (χ4n) is 1.34. The van der Waals surface area contributed by atoms with Crippen molar-refractivity contribution in [1.29, 1.82) is 0 Å². The average molecular weight is 324 g/mol. The van der Waals surface area contributed by atoms with Gasteiger partial charge in [0.15, 0.2) is 10.7 Å². The van der Waals surface area contributed by atoms with E-state index in [0.29, 0.717) is 0 Å². The Bertz CT molecular complexity index is 730. The first-order valence-electron chi connectivity index (χ1n) is 4.94. The largest absolute Gasteiger partial charge is 0.268 e. The number of aromatic nitrogens is 2. The van der Waals surface area contributed by atoms with Crippen molar-refractivity contribution in [2.75, 3.05) is 4.72 Å². The standard InChI is InChI=1S/C10H5ClF3N3O2S/c11-8-3-16-9(4-15-8)17-20(18,19)10-6(13)1-5(12)2-7(10)14/h1-4H,(H,16,17). The normalized spacial score (nSPS) is 11.4. The summed E-state index contributed by atoms with van der Waals surface area (Å²) in [4.78, 5) is 5.80. The van der Waals surface area contributed by atoms with Gasteiger partial charge < -0.3 is 0 Å². The van der Waals surface area contributed by atoms with Crippen LogP contribution in [0.3, 0.4) is 0 Å². The molecule has 0 saturated carbocycles. The van der Waals surface area contributed by atoms with Gasteiger partial charge >= 0.3 is 0 Å². The van der Waals surface area contributed by atoms with Crippen LogP contribution in [0.5, 0.6) is 0 Å². The Balaban J connectivity index is 2.43. The molecule has 1 heterocycles. The molecule has 0 spiro atoms. The van der Waals surface area contributed by atoms with Crippen LogP contribution in [0.15, 0.2) is 29.4 Å². The molecule has 0 aliphatic carbocycles. The van der Waals surface area contributed by atoms with Crippen molar-refractivity contribution in [2.24, 2.45) is 0 Å². The summed E-state index contributed by atoms with van der Waals surface area (Å²) in [7, 11) is -4.62. The Labute approximate surface area is 116 Å². The molecule has 0 fully saturated rings. The van der Waals surface area contributed by atoms with Crippen LogP contribution in [0.4, 0.5) is 19.0 Å². The fourth-order valence-corrected chi connectivity index (χ4v) is 2.55. The van der Waals surface area contributed by atoms with Crippen molar-refractivity contribution >= 4 is 27.4 Å². The molecule has 1 N–H and O–H groups in total. The molecule has 0 aliphatic heterocycles. The monoisotopic (exact) mass is 323 g/mol. The van der Waals surface area contributed by atoms with Crippen LogP contribution in [0.1, 0.15) is 0 Å². The van der Waals surface area contributed by atoms with E-state index in [1.165, 1.54) is 0 Å². The van der Waals surface area contributed by atoms with E-state index in [-0.39, 0.29) is 23.1 Å². The lowest BCUT2D eigenvalue weighted by molar-refractivity contribution is 0.498. The maximum Gasteiger partial charge on any atom is 0.268 e. The zero-order valence-corrected chi connectivity index (χ0v) is 11.0. The second kappa shape index (κ2) is 5.25. The number of halogens is 4. The lowest BCUT2D eigenvalue weighted by atomic mass is 10.3. The highest BCUT2D eigenvalue weighted by Gasteiger charge is 2.25. The Morgan fingerprint density at radius 2 is 1.65 bits per heavy atom. The van der Waals surface area contributed by atoms with E-state index in [9.17, 15) is 21.6 Å². The summed E-state index contributed by atoms with van der Waals surface area (Å²) in [6.07, 6.45) is 2.00. The van der Waals surface area contributed by atoms with E-state index in [1.54, 1.807) is 4.72 Å². The molecular formula is C10H5ClF3N3O2S. The topological polar surface area (TPSA) is 72.0 Å². The summed E-state index contributed by atoms with van der Waals surface area (Å²) in [6.45, 7) is 0. The summed E-state index contributed by atoms with van der Waals surface area (Å²) in [6, 6.07) is 0.510. The quantitative estimate of drug-likeness (QED) is 0.941. The highest BCUT2D eigenvalue weighted by Crippen LogP contribution is 2.22. The van der Waals surface area contributed by atoms with E-state index in [2.05, 4.69) is 9.97 Å². The number of nitrogens with one attached hydrogen (secondary N) is 1. The second-order valence-corrected chi connectivity index (χ2v) is 5.53. The van der Waals surface area contributed by atoms with Gasteiger partial charge in [-0.3, -0.25) is 4.72 Å². The zero-order valence-electron chi connectivity index (χ0n) is 9.44. The molecule has 2 rings (SSSR count). The lowest BCUT2D eigenvalue weighted by Crippen LogP contribution is -2.17. The molecule has 10 heteroatoms. The molecule has 0 aliphatic rings. The van der Waals surface area contributed by atoms with E-state index >= 15 is 0 Å². The smallest absolute Gasteiger partial charge is 0.262 e. The summed E-state index contributed by atoms with van der Waals surface area (Å²) in [5.74, 6) is -4.64. The van der Waals surface area contributed by atoms with E-state index in [4.69, 9.17) is 11.6 Å². The Morgan fingerprint density at radius 1 is 1.05 bits per heavy atom. The van der Waals surface area contributed by atoms with Crippen LogP contribution in [-0.2, 0) is 10.0 Å². The minimum absolute atomic E-state index is 0.00657. The predicted molar refractivity (Wildman–Crippen MR) is 64.2 cm³/mol. The maximum atomic E-state index is 13.4. The van der Waals surface area contributed by atoms with Gasteiger partial charge in [0.05, 0.1) is 12.4 Å². The first-order chi connectivity index (χ1) is 9.29. The molecule has 20 heavy (non-hydrogen) atoms. The summed E-state index contributed by atoms with van der Waals surface area (Å²) in [5, 5.41) is 0.00657. The summed E-state index contributed by atoms with van der Waals surface area (Å²) >= 11 is 5.46. The molecule has 0 amide bonds. The minimum atomic E-state index is -4.62. The number of rotatable bonds is 3. The highest BCUT2D eigenvalue weighted by atomic mass is 35.5. The van der Waals surface area contributed by atoms with Gasteiger partial charge in [-0.25, -0.2) is 31.6 Å². The van der Waals surface area contributed by atoms with Crippen molar-refractivity contribution < 1.29 is 21.6 Å². The molecule has 0 atom stereocenters. The van der Waals surface area contributed by atoms with Crippen LogP contribution in [0.2, 0.25) is 5.15 Å². The van der Waals surface area contributed by atoms with Crippen LogP contribution >= 0.6 is 11.6 Å². The SMILES string of the molecule is O=S(=O)(Nc1cnc(Cl)cn1)c1c(F)cc(F)cc1F. The molecular weight excluding hydrogens is 319 g/mol. The van der Waals surface area contributed by atoms with Crippen molar-refractivity contribution in [3.05, 3.63) is 47.1 Å². The van der Waals surface area contributed by atoms with Gasteiger partial charge in [0.25, 0.3) is 10.0 Å². The molecule has 1 aromatic heterocycles. The minimum Gasteiger partial charge on any atom is -0.262 e. The van der Waals surface area contributed by atoms with Gasteiger partial charge in [-0.1, -0.05) is 11.6 Å². The third-order valence-electron chi connectivity index (χ3n) is 2.09. The van der Waals surface area contributed by atoms with Crippen LogP contribution in [0.25, 0.3) is 0 Å². The molecule has 0 bridgehead atoms. The zero-order chi connectivity index (χ0) is 14.9. The Morgan fingerprint density at radius 3 is 2.15 bits per heavy atom. The number of benzene rings is 1. The van der Waals surface area contributed by atoms with Crippen LogP contribution in [-0.4, -0.2) is 18.4 Å². The molecule has 106 valence electrons. The van der Waals surface area contributed by atoms with Gasteiger partial charge in [0.1, 0.15) is 22.6 Å². The van der Waals surface area contributed by atoms with Crippen molar-refractivity contribution in [3.63, 3.8) is 0 Å². The highest BCUT2D eigenvalue weighted by molar-refractivity contribution is 7.92. The first kappa shape index (κ1) is 14.5. The first-order valence-corrected chi connectivity index (χ1v) is 6.80. The summed E-state index contributed by atoms with van der Waals surface area (Å²) in [5.41, 5.74) is 0. The van der Waals surface area contributed by atoms with Crippen molar-refractivity contribution in [2.45, 2.75) is 4.90 Å². The molecule has 1 aromatic carbocycles. The second-order valence-electron chi connectivity index (χ2n) is 3.53. The number of anilines is 1. The van der Waals surface area contributed by atoms with Gasteiger partial charge in [-0.2, -0.15) is 0 Å². The van der Waals surface area contributed by atoms with E-state index in [1.807, 2.05) is 0 Å². The number of sulfonamides is 1. The fraction of sp³-hybridized carbons (Fsp3) is 0. The van der Waals surface area contributed by atoms with Gasteiger partial charge in [-0.05, 0) is 0 Å². The van der Waals surface area contributed by atoms with Crippen LogP contribution in [0, 0.1) is 17.5 Å². The van der Waals surface area contributed by atoms with Crippen molar-refractivity contribution in [3.8, 4) is 0 Å². The third-order valence-corrected chi connectivity index (χ3v) is 3.69. The Hall–Kier alpha value is -1.87. The molecule has 0 radical (unpaired) electrons. The number of hydrogen-bond acceptors (Lipinski definition) is 4. The molecule has 5 nitrogen and oxygen atoms in total. The third kappa shape index (κ3) is 2.99. The number of hydrogen-bond donors (Lipinski definition) is 1. The lowest BCUT2D eigenvalue weighted by Gasteiger charge is -2.08. The summed E-state index contributed by atoms with van der Waals surface area (Å²) < 4.78 is 65.0. The average Bonchev–Trinajstić information content (AvgIpc) is 2.30. The van der Waals surface area contributed by atoms with Gasteiger partial charge in [0.2, 0.25) is 0 Å². The van der Waals surface area contributed by atoms with E-state index < -0.39 is 32.4 Å². The Kier molecular flexibility index (Phi) is 3.82.